The summed E-state index contributed by atoms with van der Waals surface area (Å²) >= 11 is 0. The van der Waals surface area contributed by atoms with Gasteiger partial charge in [-0.3, -0.25) is 43.7 Å². The van der Waals surface area contributed by atoms with Gasteiger partial charge in [-0.1, -0.05) is 48.5 Å². The highest BCUT2D eigenvalue weighted by atomic mass is 19.1. The number of aliphatic carboxylic acids is 2. The van der Waals surface area contributed by atoms with Gasteiger partial charge in [-0.05, 0) is 55.2 Å². The predicted octanol–water partition coefficient (Wildman–Crippen LogP) is 1.78. The third-order valence-corrected chi connectivity index (χ3v) is 9.02. The summed E-state index contributed by atoms with van der Waals surface area (Å²) in [5.41, 5.74) is 0.586. The molecule has 0 aliphatic rings. The van der Waals surface area contributed by atoms with E-state index in [1.807, 2.05) is 0 Å². The maximum Gasteiger partial charge on any atom is 0.321 e. The van der Waals surface area contributed by atoms with Crippen molar-refractivity contribution in [1.82, 2.24) is 36.8 Å². The van der Waals surface area contributed by atoms with Crippen LogP contribution in [0, 0.1) is 11.6 Å². The van der Waals surface area contributed by atoms with Gasteiger partial charge in [-0.25, -0.2) is 13.6 Å². The van der Waals surface area contributed by atoms with E-state index >= 15 is 0 Å². The summed E-state index contributed by atoms with van der Waals surface area (Å²) in [6.07, 6.45) is -1.48. The van der Waals surface area contributed by atoms with Crippen LogP contribution >= 0.6 is 0 Å². The minimum absolute atomic E-state index is 0.0214. The second-order valence-electron chi connectivity index (χ2n) is 14.0. The van der Waals surface area contributed by atoms with E-state index in [1.54, 1.807) is 48.5 Å². The number of halogens is 2. The maximum atomic E-state index is 14.7. The minimum Gasteiger partial charge on any atom is -0.481 e. The van der Waals surface area contributed by atoms with Crippen LogP contribution in [0.3, 0.4) is 0 Å². The molecule has 0 aromatic heterocycles. The van der Waals surface area contributed by atoms with E-state index in [-0.39, 0.29) is 49.9 Å². The molecule has 3 aromatic rings. The number of imide groups is 1. The number of carbonyl (C=O) groups excluding carboxylic acids is 7. The molecule has 8 N–H and O–H groups in total. The molecular weight excluding hydrogens is 816 g/mol. The van der Waals surface area contributed by atoms with Crippen LogP contribution in [-0.2, 0) is 46.5 Å². The number of carbonyl (C=O) groups is 9. The number of nitrogens with zero attached hydrogens (tertiary/aromatic N) is 1. The maximum absolute atomic E-state index is 14.7. The SMILES string of the molecule is CC(=O)N[C@@H](CC(=O)O)C(=O)N(CCC(=O)N[C@H](CCCCNC(=O)NC(=O)c1ccccc1)C(=O)N[C@@H](Cc1ccccc1)C(=O)NCCC(=O)O)Cc1cc(F)ccc1F. The largest absolute Gasteiger partial charge is 0.481 e. The Morgan fingerprint density at radius 2 is 1.37 bits per heavy atom. The molecule has 3 aromatic carbocycles. The molecule has 0 saturated carbocycles. The van der Waals surface area contributed by atoms with Gasteiger partial charge in [0.2, 0.25) is 29.5 Å². The second kappa shape index (κ2) is 25.4. The molecule has 0 aliphatic carbocycles. The number of carboxylic acid groups (broad SMARTS) is 2. The lowest BCUT2D eigenvalue weighted by atomic mass is 10.0. The molecule has 3 atom stereocenters. The Kier molecular flexibility index (Phi) is 20.1. The van der Waals surface area contributed by atoms with Crippen molar-refractivity contribution >= 4 is 53.4 Å². The van der Waals surface area contributed by atoms with Crippen molar-refractivity contribution in [3.63, 3.8) is 0 Å². The number of carboxylic acids is 2. The summed E-state index contributed by atoms with van der Waals surface area (Å²) < 4.78 is 28.8. The molecule has 0 fully saturated rings. The summed E-state index contributed by atoms with van der Waals surface area (Å²) in [6.45, 7) is -0.312. The molecule has 0 saturated heterocycles. The van der Waals surface area contributed by atoms with Crippen molar-refractivity contribution in [2.75, 3.05) is 19.6 Å². The number of hydrogen-bond donors (Lipinski definition) is 8. The van der Waals surface area contributed by atoms with E-state index in [9.17, 15) is 57.0 Å². The first-order valence-corrected chi connectivity index (χ1v) is 19.5. The van der Waals surface area contributed by atoms with Crippen LogP contribution in [0.15, 0.2) is 78.9 Å². The van der Waals surface area contributed by atoms with Gasteiger partial charge in [0.15, 0.2) is 0 Å². The molecule has 8 amide bonds. The molecule has 332 valence electrons. The second-order valence-corrected chi connectivity index (χ2v) is 14.0. The predicted molar refractivity (Wildman–Crippen MR) is 217 cm³/mol. The number of hydrogen-bond acceptors (Lipinski definition) is 9. The molecule has 0 heterocycles. The first-order valence-electron chi connectivity index (χ1n) is 19.5. The summed E-state index contributed by atoms with van der Waals surface area (Å²) in [5.74, 6) is -9.16. The Morgan fingerprint density at radius 1 is 0.694 bits per heavy atom. The van der Waals surface area contributed by atoms with Crippen molar-refractivity contribution in [3.8, 4) is 0 Å². The van der Waals surface area contributed by atoms with Crippen molar-refractivity contribution < 1.29 is 62.1 Å². The van der Waals surface area contributed by atoms with E-state index < -0.39 is 116 Å². The molecule has 0 aliphatic heterocycles. The molecule has 0 bridgehead atoms. The van der Waals surface area contributed by atoms with Crippen LogP contribution in [0.2, 0.25) is 0 Å². The highest BCUT2D eigenvalue weighted by Crippen LogP contribution is 2.15. The fraction of sp³-hybridized carbons (Fsp3) is 0.357. The average Bonchev–Trinajstić information content (AvgIpc) is 3.22. The van der Waals surface area contributed by atoms with Gasteiger partial charge in [0.05, 0.1) is 12.8 Å². The fourth-order valence-corrected chi connectivity index (χ4v) is 5.98. The van der Waals surface area contributed by atoms with Crippen LogP contribution in [0.4, 0.5) is 13.6 Å². The van der Waals surface area contributed by atoms with Crippen molar-refractivity contribution in [2.24, 2.45) is 0 Å². The average molecular weight is 866 g/mol. The highest BCUT2D eigenvalue weighted by molar-refractivity contribution is 6.04. The number of unbranched alkanes of at least 4 members (excludes halogenated alkanes) is 1. The summed E-state index contributed by atoms with van der Waals surface area (Å²) in [4.78, 5) is 114. The molecule has 0 unspecified atom stereocenters. The molecule has 18 nitrogen and oxygen atoms in total. The molecule has 0 spiro atoms. The Bertz CT molecular complexity index is 2040. The van der Waals surface area contributed by atoms with E-state index in [0.717, 1.165) is 30.0 Å². The Labute approximate surface area is 355 Å². The monoisotopic (exact) mass is 865 g/mol. The van der Waals surface area contributed by atoms with Crippen LogP contribution in [0.5, 0.6) is 0 Å². The zero-order valence-corrected chi connectivity index (χ0v) is 33.8. The fourth-order valence-electron chi connectivity index (χ4n) is 5.98. The van der Waals surface area contributed by atoms with Crippen LogP contribution < -0.4 is 31.9 Å². The van der Waals surface area contributed by atoms with E-state index in [4.69, 9.17) is 5.11 Å². The topological polar surface area (TPSA) is 270 Å². The number of rotatable bonds is 24. The van der Waals surface area contributed by atoms with Gasteiger partial charge >= 0.3 is 18.0 Å². The number of urea groups is 1. The number of benzene rings is 3. The highest BCUT2D eigenvalue weighted by Gasteiger charge is 2.30. The lowest BCUT2D eigenvalue weighted by Crippen LogP contribution is -2.55. The Balaban J connectivity index is 1.80. The molecule has 62 heavy (non-hydrogen) atoms. The lowest BCUT2D eigenvalue weighted by Gasteiger charge is -2.28. The van der Waals surface area contributed by atoms with Gasteiger partial charge < -0.3 is 41.7 Å². The van der Waals surface area contributed by atoms with Gasteiger partial charge in [0, 0.05) is 57.1 Å². The standard InChI is InChI=1S/C42H49F2N7O11/c1-26(52)47-34(24-37(56)57)41(61)51(25-29-23-30(43)15-16-31(29)44)21-18-35(53)48-32(14-8-9-19-46-42(62)50-38(58)28-12-6-3-7-13-28)40(60)49-33(22-27-10-4-2-5-11-27)39(59)45-20-17-36(54)55/h2-7,10-13,15-16,23,32-34H,8-9,14,17-22,24-25H2,1H3,(H,45,59)(H,47,52)(H,48,53)(H,49,60)(H,54,55)(H,56,57)(H2,46,50,58,62)/t32-,33+,34+/m1/s1. The summed E-state index contributed by atoms with van der Waals surface area (Å²) in [6, 6.07) is 14.0. The third-order valence-electron chi connectivity index (χ3n) is 9.02. The number of amides is 8. The molecule has 20 heteroatoms. The normalized spacial score (nSPS) is 12.0. The third kappa shape index (κ3) is 17.9. The minimum atomic E-state index is -1.64. The Hall–Kier alpha value is -7.25. The smallest absolute Gasteiger partial charge is 0.321 e. The van der Waals surface area contributed by atoms with Crippen molar-refractivity contribution in [3.05, 3.63) is 107 Å². The number of nitrogens with one attached hydrogen (secondary N) is 6. The molecule has 0 radical (unpaired) electrons. The first kappa shape index (κ1) is 49.1. The van der Waals surface area contributed by atoms with Gasteiger partial charge in [-0.2, -0.15) is 0 Å². The zero-order valence-electron chi connectivity index (χ0n) is 33.8. The lowest BCUT2D eigenvalue weighted by molar-refractivity contribution is -0.144. The van der Waals surface area contributed by atoms with Gasteiger partial charge in [0.25, 0.3) is 5.91 Å². The van der Waals surface area contributed by atoms with Gasteiger partial charge in [0.1, 0.15) is 29.8 Å². The molecule has 3 rings (SSSR count). The quantitative estimate of drug-likeness (QED) is 0.0602. The first-order chi connectivity index (χ1) is 29.5. The van der Waals surface area contributed by atoms with Crippen molar-refractivity contribution in [2.45, 2.75) is 76.5 Å². The van der Waals surface area contributed by atoms with Crippen LogP contribution in [-0.4, -0.2) is 106 Å². The van der Waals surface area contributed by atoms with Crippen LogP contribution in [0.1, 0.15) is 66.9 Å². The van der Waals surface area contributed by atoms with Crippen molar-refractivity contribution in [1.29, 1.82) is 0 Å². The van der Waals surface area contributed by atoms with Crippen LogP contribution in [0.25, 0.3) is 0 Å². The molecular formula is C42H49F2N7O11. The summed E-state index contributed by atoms with van der Waals surface area (Å²) in [7, 11) is 0. The van der Waals surface area contributed by atoms with Gasteiger partial charge in [-0.15, -0.1) is 0 Å². The summed E-state index contributed by atoms with van der Waals surface area (Å²) in [5, 5.41) is 33.0. The van der Waals surface area contributed by atoms with E-state index in [1.165, 1.54) is 12.1 Å². The zero-order chi connectivity index (χ0) is 45.6. The van der Waals surface area contributed by atoms with E-state index in [2.05, 4.69) is 31.9 Å². The van der Waals surface area contributed by atoms with E-state index in [0.29, 0.717) is 5.56 Å². The Morgan fingerprint density at radius 3 is 2.02 bits per heavy atom.